The third kappa shape index (κ3) is 20.0. The fourth-order valence-electron chi connectivity index (χ4n) is 3.88. The number of ether oxygens (including phenoxy) is 3. The highest BCUT2D eigenvalue weighted by Crippen LogP contribution is 2.14. The van der Waals surface area contributed by atoms with Gasteiger partial charge in [0, 0.05) is 20.3 Å². The quantitative estimate of drug-likeness (QED) is 0.158. The molecule has 0 saturated heterocycles. The molecule has 0 fully saturated rings. The third-order valence-electron chi connectivity index (χ3n) is 5.98. The highest BCUT2D eigenvalue weighted by Gasteiger charge is 2.28. The van der Waals surface area contributed by atoms with Gasteiger partial charge in [-0.05, 0) is 6.42 Å². The van der Waals surface area contributed by atoms with Gasteiger partial charge in [0.15, 0.2) is 6.10 Å². The monoisotopic (exact) mass is 488 g/mol. The summed E-state index contributed by atoms with van der Waals surface area (Å²) in [5, 5.41) is 11.1. The molecule has 2 atom stereocenters. The zero-order valence-electron chi connectivity index (χ0n) is 21.9. The predicted octanol–water partition coefficient (Wildman–Crippen LogP) is 4.85. The number of rotatable bonds is 25. The summed E-state index contributed by atoms with van der Waals surface area (Å²) >= 11 is 0. The zero-order chi connectivity index (χ0) is 25.3. The summed E-state index contributed by atoms with van der Waals surface area (Å²) in [6, 6.07) is 0. The summed E-state index contributed by atoms with van der Waals surface area (Å²) in [5.41, 5.74) is 5.44. The Morgan fingerprint density at radius 3 is 1.71 bits per heavy atom. The second-order valence-electron chi connectivity index (χ2n) is 9.02. The van der Waals surface area contributed by atoms with Gasteiger partial charge in [-0.15, -0.1) is 0 Å². The van der Waals surface area contributed by atoms with Gasteiger partial charge in [0.25, 0.3) is 0 Å². The van der Waals surface area contributed by atoms with Gasteiger partial charge in [-0.3, -0.25) is 4.79 Å². The smallest absolute Gasteiger partial charge is 0.407 e. The Labute approximate surface area is 207 Å². The zero-order valence-corrected chi connectivity index (χ0v) is 21.9. The van der Waals surface area contributed by atoms with E-state index in [0.717, 1.165) is 19.3 Å². The van der Waals surface area contributed by atoms with Crippen molar-refractivity contribution in [1.29, 1.82) is 0 Å². The first kappa shape index (κ1) is 32.6. The van der Waals surface area contributed by atoms with Crippen molar-refractivity contribution in [2.45, 2.75) is 122 Å². The molecule has 0 spiro atoms. The maximum absolute atomic E-state index is 11.7. The molecule has 0 aromatic carbocycles. The van der Waals surface area contributed by atoms with E-state index in [1.165, 1.54) is 90.6 Å². The molecule has 0 bridgehead atoms. The second-order valence-corrected chi connectivity index (χ2v) is 9.02. The number of hydrogen-bond donors (Lipinski definition) is 3. The van der Waals surface area contributed by atoms with Crippen LogP contribution in [0.5, 0.6) is 0 Å². The van der Waals surface area contributed by atoms with E-state index in [1.54, 1.807) is 0 Å². The summed E-state index contributed by atoms with van der Waals surface area (Å²) in [6.07, 6.45) is 18.2. The minimum Gasteiger partial charge on any atom is -0.447 e. The van der Waals surface area contributed by atoms with Gasteiger partial charge in [-0.25, -0.2) is 4.79 Å². The molecule has 0 radical (unpaired) electrons. The largest absolute Gasteiger partial charge is 0.447 e. The van der Waals surface area contributed by atoms with Crippen LogP contribution in [0.2, 0.25) is 0 Å². The van der Waals surface area contributed by atoms with Crippen LogP contribution in [0.25, 0.3) is 0 Å². The Balaban J connectivity index is 3.68. The van der Waals surface area contributed by atoms with Crippen molar-refractivity contribution in [3.05, 3.63) is 0 Å². The fourth-order valence-corrected chi connectivity index (χ4v) is 3.88. The molecule has 2 unspecified atom stereocenters. The van der Waals surface area contributed by atoms with Gasteiger partial charge >= 0.3 is 6.09 Å². The van der Waals surface area contributed by atoms with Crippen LogP contribution in [-0.4, -0.2) is 62.8 Å². The number of unbranched alkanes of at least 4 members (excludes halogenated alkanes) is 15. The number of aliphatic hydroxyl groups excluding tert-OH is 1. The van der Waals surface area contributed by atoms with E-state index in [0.29, 0.717) is 6.61 Å². The molecule has 0 aliphatic rings. The lowest BCUT2D eigenvalue weighted by atomic mass is 10.0. The van der Waals surface area contributed by atoms with Crippen LogP contribution in [0.3, 0.4) is 0 Å². The standard InChI is InChI=1S/C26H52N2O6/c1-3-4-5-6-7-8-9-10-11-12-13-14-15-16-17-18-21-33-24(25(27)30)23(32-2)22-34-26(31)28-19-20-29/h23-24,29H,3-22H2,1-2H3,(H2,27,30)(H,28,31). The molecule has 8 heteroatoms. The van der Waals surface area contributed by atoms with Crippen molar-refractivity contribution in [2.75, 3.05) is 33.5 Å². The Morgan fingerprint density at radius 1 is 0.824 bits per heavy atom. The van der Waals surface area contributed by atoms with Gasteiger partial charge in [-0.1, -0.05) is 103 Å². The number of aliphatic hydroxyl groups is 1. The van der Waals surface area contributed by atoms with Crippen LogP contribution in [0, 0.1) is 0 Å². The lowest BCUT2D eigenvalue weighted by Gasteiger charge is -2.23. The van der Waals surface area contributed by atoms with E-state index in [-0.39, 0.29) is 19.8 Å². The maximum Gasteiger partial charge on any atom is 0.407 e. The highest BCUT2D eigenvalue weighted by atomic mass is 16.6. The number of methoxy groups -OCH3 is 1. The first-order chi connectivity index (χ1) is 16.6. The SMILES string of the molecule is CCCCCCCCCCCCCCCCCCOC(C(N)=O)C(COC(=O)NCCO)OC. The van der Waals surface area contributed by atoms with E-state index in [1.807, 2.05) is 0 Å². The summed E-state index contributed by atoms with van der Waals surface area (Å²) < 4.78 is 15.9. The summed E-state index contributed by atoms with van der Waals surface area (Å²) in [7, 11) is 1.41. The molecule has 8 nitrogen and oxygen atoms in total. The van der Waals surface area contributed by atoms with Gasteiger partial charge in [-0.2, -0.15) is 0 Å². The molecule has 202 valence electrons. The van der Waals surface area contributed by atoms with Crippen LogP contribution in [0.1, 0.15) is 110 Å². The average Bonchev–Trinajstić information content (AvgIpc) is 2.83. The maximum atomic E-state index is 11.7. The number of alkyl carbamates (subject to hydrolysis) is 1. The Bertz CT molecular complexity index is 478. The molecule has 0 aromatic rings. The lowest BCUT2D eigenvalue weighted by molar-refractivity contribution is -0.142. The number of carbonyl (C=O) groups excluding carboxylic acids is 2. The molecule has 4 N–H and O–H groups in total. The van der Waals surface area contributed by atoms with E-state index >= 15 is 0 Å². The third-order valence-corrected chi connectivity index (χ3v) is 5.98. The summed E-state index contributed by atoms with van der Waals surface area (Å²) in [6.45, 7) is 2.41. The average molecular weight is 489 g/mol. The number of carbonyl (C=O) groups is 2. The Kier molecular flexibility index (Phi) is 23.7. The van der Waals surface area contributed by atoms with E-state index in [2.05, 4.69) is 12.2 Å². The van der Waals surface area contributed by atoms with Crippen molar-refractivity contribution < 1.29 is 28.9 Å². The topological polar surface area (TPSA) is 120 Å². The number of hydrogen-bond acceptors (Lipinski definition) is 6. The first-order valence-electron chi connectivity index (χ1n) is 13.5. The van der Waals surface area contributed by atoms with Crippen molar-refractivity contribution in [1.82, 2.24) is 5.32 Å². The molecular weight excluding hydrogens is 436 g/mol. The predicted molar refractivity (Wildman–Crippen MR) is 136 cm³/mol. The van der Waals surface area contributed by atoms with E-state index in [9.17, 15) is 9.59 Å². The Hall–Kier alpha value is -1.38. The highest BCUT2D eigenvalue weighted by molar-refractivity contribution is 5.79. The first-order valence-corrected chi connectivity index (χ1v) is 13.5. The summed E-state index contributed by atoms with van der Waals surface area (Å²) in [4.78, 5) is 23.2. The number of nitrogens with two attached hydrogens (primary N) is 1. The normalized spacial score (nSPS) is 12.9. The molecule has 2 amide bonds. The number of primary amides is 1. The fraction of sp³-hybridized carbons (Fsp3) is 0.923. The van der Waals surface area contributed by atoms with Gasteiger partial charge < -0.3 is 30.4 Å². The van der Waals surface area contributed by atoms with Crippen LogP contribution in [0.15, 0.2) is 0 Å². The molecular formula is C26H52N2O6. The minimum absolute atomic E-state index is 0.0888. The van der Waals surface area contributed by atoms with Crippen molar-refractivity contribution in [3.63, 3.8) is 0 Å². The van der Waals surface area contributed by atoms with Crippen molar-refractivity contribution in [3.8, 4) is 0 Å². The summed E-state index contributed by atoms with van der Waals surface area (Å²) in [5.74, 6) is -0.650. The number of nitrogens with one attached hydrogen (secondary N) is 1. The van der Waals surface area contributed by atoms with Crippen molar-refractivity contribution in [2.24, 2.45) is 5.73 Å². The molecule has 0 heterocycles. The van der Waals surface area contributed by atoms with Crippen LogP contribution in [0.4, 0.5) is 4.79 Å². The molecule has 0 aliphatic heterocycles. The molecule has 0 saturated carbocycles. The Morgan fingerprint density at radius 2 is 1.29 bits per heavy atom. The molecule has 34 heavy (non-hydrogen) atoms. The molecule has 0 aromatic heterocycles. The lowest BCUT2D eigenvalue weighted by Crippen LogP contribution is -2.45. The minimum atomic E-state index is -0.980. The second kappa shape index (κ2) is 24.7. The molecule has 0 rings (SSSR count). The van der Waals surface area contributed by atoms with Gasteiger partial charge in [0.05, 0.1) is 6.61 Å². The van der Waals surface area contributed by atoms with Gasteiger partial charge in [0.2, 0.25) is 5.91 Å². The van der Waals surface area contributed by atoms with E-state index in [4.69, 9.17) is 25.1 Å². The van der Waals surface area contributed by atoms with Crippen LogP contribution in [-0.2, 0) is 19.0 Å². The number of amides is 2. The van der Waals surface area contributed by atoms with Gasteiger partial charge in [0.1, 0.15) is 12.7 Å². The van der Waals surface area contributed by atoms with Crippen LogP contribution < -0.4 is 11.1 Å². The molecule has 0 aliphatic carbocycles. The van der Waals surface area contributed by atoms with Crippen molar-refractivity contribution >= 4 is 12.0 Å². The van der Waals surface area contributed by atoms with E-state index < -0.39 is 24.2 Å². The van der Waals surface area contributed by atoms with Crippen LogP contribution >= 0.6 is 0 Å².